The number of pyridine rings is 1. The Kier molecular flexibility index (Phi) is 7.18. The maximum Gasteiger partial charge on any atom is 0.323 e. The molecule has 41 heavy (non-hydrogen) atoms. The smallest absolute Gasteiger partial charge is 0.323 e. The molecule has 0 bridgehead atoms. The molecule has 0 unspecified atom stereocenters. The Labute approximate surface area is 234 Å². The summed E-state index contributed by atoms with van der Waals surface area (Å²) in [5.41, 5.74) is 2.79. The number of nitrogens with zero attached hydrogens (tertiary/aromatic N) is 6. The first-order valence-electron chi connectivity index (χ1n) is 12.7. The van der Waals surface area contributed by atoms with Crippen LogP contribution < -0.4 is 21.5 Å². The number of nitriles is 1. The number of anilines is 3. The number of carbonyl (C=O) groups excluding carboxylic acids is 1. The zero-order chi connectivity index (χ0) is 29.3. The summed E-state index contributed by atoms with van der Waals surface area (Å²) < 4.78 is 17.9. The van der Waals surface area contributed by atoms with E-state index >= 15 is 0 Å². The molecule has 0 aliphatic heterocycles. The van der Waals surface area contributed by atoms with Crippen LogP contribution in [0.15, 0.2) is 65.7 Å². The molecule has 206 valence electrons. The number of urea groups is 1. The summed E-state index contributed by atoms with van der Waals surface area (Å²) in [5.74, 6) is -0.297. The van der Waals surface area contributed by atoms with Gasteiger partial charge in [-0.15, -0.1) is 0 Å². The summed E-state index contributed by atoms with van der Waals surface area (Å²) in [6.07, 6.45) is 3.28. The summed E-state index contributed by atoms with van der Waals surface area (Å²) >= 11 is 0. The number of amides is 2. The third-order valence-corrected chi connectivity index (χ3v) is 6.49. The molecule has 0 aliphatic rings. The van der Waals surface area contributed by atoms with Gasteiger partial charge in [-0.1, -0.05) is 18.2 Å². The lowest BCUT2D eigenvalue weighted by molar-refractivity contribution is 0.262. The van der Waals surface area contributed by atoms with Gasteiger partial charge in [-0.05, 0) is 49.7 Å². The molecule has 3 aromatic heterocycles. The number of fused-ring (bicyclic) bond motifs is 1. The van der Waals surface area contributed by atoms with Crippen LogP contribution in [0.1, 0.15) is 25.5 Å². The van der Waals surface area contributed by atoms with E-state index in [9.17, 15) is 14.0 Å². The van der Waals surface area contributed by atoms with Crippen molar-refractivity contribution < 1.29 is 9.18 Å². The van der Waals surface area contributed by atoms with Crippen molar-refractivity contribution in [2.45, 2.75) is 19.9 Å². The molecule has 0 fully saturated rings. The largest absolute Gasteiger partial charge is 0.357 e. The van der Waals surface area contributed by atoms with Crippen LogP contribution in [0.25, 0.3) is 33.4 Å². The summed E-state index contributed by atoms with van der Waals surface area (Å²) in [7, 11) is 3.28. The molecular weight excluding hydrogens is 525 g/mol. The molecule has 0 saturated heterocycles. The molecule has 2 amide bonds. The molecule has 0 aliphatic carbocycles. The topological polar surface area (TPSA) is 143 Å². The number of halogens is 1. The Morgan fingerprint density at radius 3 is 2.44 bits per heavy atom. The van der Waals surface area contributed by atoms with Gasteiger partial charge in [0.05, 0.1) is 23.0 Å². The van der Waals surface area contributed by atoms with Crippen molar-refractivity contribution in [3.05, 3.63) is 82.7 Å². The minimum Gasteiger partial charge on any atom is -0.357 e. The van der Waals surface area contributed by atoms with Crippen LogP contribution in [0.3, 0.4) is 0 Å². The Morgan fingerprint density at radius 1 is 1.05 bits per heavy atom. The Morgan fingerprint density at radius 2 is 1.76 bits per heavy atom. The maximum absolute atomic E-state index is 14.8. The van der Waals surface area contributed by atoms with E-state index in [-0.39, 0.29) is 17.3 Å². The van der Waals surface area contributed by atoms with Crippen molar-refractivity contribution in [2.75, 3.05) is 23.0 Å². The minimum atomic E-state index is -0.696. The van der Waals surface area contributed by atoms with Gasteiger partial charge in [0.15, 0.2) is 0 Å². The summed E-state index contributed by atoms with van der Waals surface area (Å²) in [5, 5.41) is 22.5. The third-order valence-electron chi connectivity index (χ3n) is 6.49. The second kappa shape index (κ2) is 10.9. The fourth-order valence-electron chi connectivity index (χ4n) is 4.30. The van der Waals surface area contributed by atoms with Crippen LogP contribution in [0, 0.1) is 17.1 Å². The predicted octanol–water partition coefficient (Wildman–Crippen LogP) is 5.14. The number of benzene rings is 2. The predicted molar refractivity (Wildman–Crippen MR) is 155 cm³/mol. The Bertz CT molecular complexity index is 1890. The highest BCUT2D eigenvalue weighted by molar-refractivity contribution is 6.02. The fraction of sp³-hybridized carbons (Fsp3) is 0.172. The standard InChI is InChI=1S/C29H26FN9O2/c1-16(2)39-15-24(25(37-39)18-7-5-17(13-31)6-8-18)35-29(41)34-23-12-19(9-10-22(23)30)21-11-20-14-33-28(32-3)36-26(20)38(4)27(21)40/h5-12,14-16H,1-4H3,(H,32,33,36)(H2,34,35,41). The van der Waals surface area contributed by atoms with E-state index < -0.39 is 11.8 Å². The lowest BCUT2D eigenvalue weighted by atomic mass is 10.1. The second-order valence-corrected chi connectivity index (χ2v) is 9.57. The number of aromatic nitrogens is 5. The normalized spacial score (nSPS) is 11.0. The first-order valence-corrected chi connectivity index (χ1v) is 12.7. The van der Waals surface area contributed by atoms with E-state index in [2.05, 4.69) is 37.1 Å². The van der Waals surface area contributed by atoms with Crippen molar-refractivity contribution in [3.8, 4) is 28.5 Å². The fourth-order valence-corrected chi connectivity index (χ4v) is 4.30. The van der Waals surface area contributed by atoms with Crippen molar-refractivity contribution in [3.63, 3.8) is 0 Å². The van der Waals surface area contributed by atoms with E-state index in [0.717, 1.165) is 0 Å². The van der Waals surface area contributed by atoms with Gasteiger partial charge in [-0.25, -0.2) is 14.2 Å². The Hall–Kier alpha value is -5.57. The zero-order valence-corrected chi connectivity index (χ0v) is 22.7. The van der Waals surface area contributed by atoms with Crippen molar-refractivity contribution in [1.82, 2.24) is 24.3 Å². The number of hydrogen-bond donors (Lipinski definition) is 3. The molecule has 3 heterocycles. The van der Waals surface area contributed by atoms with Crippen LogP contribution in [-0.4, -0.2) is 37.4 Å². The van der Waals surface area contributed by atoms with E-state index in [1.54, 1.807) is 61.5 Å². The van der Waals surface area contributed by atoms with Gasteiger partial charge in [0.2, 0.25) is 5.95 Å². The van der Waals surface area contributed by atoms with Crippen molar-refractivity contribution >= 4 is 34.4 Å². The number of hydrogen-bond acceptors (Lipinski definition) is 7. The van der Waals surface area contributed by atoms with Crippen LogP contribution in [-0.2, 0) is 7.05 Å². The van der Waals surface area contributed by atoms with Gasteiger partial charge >= 0.3 is 6.03 Å². The lowest BCUT2D eigenvalue weighted by Crippen LogP contribution is -2.21. The molecule has 0 spiro atoms. The highest BCUT2D eigenvalue weighted by Crippen LogP contribution is 2.29. The molecule has 3 N–H and O–H groups in total. The summed E-state index contributed by atoms with van der Waals surface area (Å²) in [6, 6.07) is 13.9. The van der Waals surface area contributed by atoms with Gasteiger partial charge in [0, 0.05) is 49.0 Å². The first-order chi connectivity index (χ1) is 19.7. The molecule has 2 aromatic carbocycles. The molecule has 0 radical (unpaired) electrons. The van der Waals surface area contributed by atoms with Crippen LogP contribution in [0.4, 0.5) is 26.5 Å². The molecule has 11 nitrogen and oxygen atoms in total. The van der Waals surface area contributed by atoms with Crippen LogP contribution >= 0.6 is 0 Å². The number of aryl methyl sites for hydroxylation is 1. The SMILES string of the molecule is CNc1ncc2cc(-c3ccc(F)c(NC(=O)Nc4cn(C(C)C)nc4-c4ccc(C#N)cc4)c3)c(=O)n(C)c2n1. The lowest BCUT2D eigenvalue weighted by Gasteiger charge is -2.12. The van der Waals surface area contributed by atoms with Crippen molar-refractivity contribution in [2.24, 2.45) is 7.05 Å². The maximum atomic E-state index is 14.8. The molecule has 5 rings (SSSR count). The Balaban J connectivity index is 1.45. The number of rotatable bonds is 6. The van der Waals surface area contributed by atoms with E-state index in [4.69, 9.17) is 5.26 Å². The summed E-state index contributed by atoms with van der Waals surface area (Å²) in [4.78, 5) is 34.8. The van der Waals surface area contributed by atoms with E-state index in [1.165, 1.54) is 22.8 Å². The highest BCUT2D eigenvalue weighted by atomic mass is 19.1. The first kappa shape index (κ1) is 27.0. The third kappa shape index (κ3) is 5.33. The quantitative estimate of drug-likeness (QED) is 0.265. The van der Waals surface area contributed by atoms with Gasteiger partial charge in [0.25, 0.3) is 5.56 Å². The molecular formula is C29H26FN9O2. The van der Waals surface area contributed by atoms with Crippen LogP contribution in [0.5, 0.6) is 0 Å². The average Bonchev–Trinajstić information content (AvgIpc) is 3.40. The number of nitrogens with one attached hydrogen (secondary N) is 3. The molecule has 12 heteroatoms. The molecule has 5 aromatic rings. The van der Waals surface area contributed by atoms with Gasteiger partial charge in [-0.3, -0.25) is 14.0 Å². The zero-order valence-electron chi connectivity index (χ0n) is 22.7. The monoisotopic (exact) mass is 551 g/mol. The highest BCUT2D eigenvalue weighted by Gasteiger charge is 2.18. The van der Waals surface area contributed by atoms with Gasteiger partial charge in [0.1, 0.15) is 17.2 Å². The van der Waals surface area contributed by atoms with Gasteiger partial charge in [-0.2, -0.15) is 15.3 Å². The van der Waals surface area contributed by atoms with E-state index in [0.29, 0.717) is 50.6 Å². The minimum absolute atomic E-state index is 0.0136. The van der Waals surface area contributed by atoms with E-state index in [1.807, 2.05) is 13.8 Å². The second-order valence-electron chi connectivity index (χ2n) is 9.57. The molecule has 0 atom stereocenters. The molecule has 0 saturated carbocycles. The number of carbonyl (C=O) groups is 1. The van der Waals surface area contributed by atoms with Crippen LogP contribution in [0.2, 0.25) is 0 Å². The van der Waals surface area contributed by atoms with Gasteiger partial charge < -0.3 is 16.0 Å². The van der Waals surface area contributed by atoms with Crippen molar-refractivity contribution in [1.29, 1.82) is 5.26 Å². The summed E-state index contributed by atoms with van der Waals surface area (Å²) in [6.45, 7) is 3.89. The average molecular weight is 552 g/mol.